The van der Waals surface area contributed by atoms with Gasteiger partial charge in [-0.3, -0.25) is 4.79 Å². The van der Waals surface area contributed by atoms with E-state index < -0.39 is 5.82 Å². The van der Waals surface area contributed by atoms with Gasteiger partial charge in [0.05, 0.1) is 11.4 Å². The summed E-state index contributed by atoms with van der Waals surface area (Å²) in [6.45, 7) is 2.86. The smallest absolute Gasteiger partial charge is 0.256 e. The van der Waals surface area contributed by atoms with Crippen molar-refractivity contribution in [2.45, 2.75) is 6.92 Å². The van der Waals surface area contributed by atoms with Crippen molar-refractivity contribution in [3.63, 3.8) is 0 Å². The summed E-state index contributed by atoms with van der Waals surface area (Å²) in [7, 11) is 0. The molecule has 0 fully saturated rings. The van der Waals surface area contributed by atoms with Gasteiger partial charge in [-0.15, -0.1) is 0 Å². The number of nitrogens with zero attached hydrogens (tertiary/aromatic N) is 1. The first-order valence-corrected chi connectivity index (χ1v) is 10.6. The van der Waals surface area contributed by atoms with Crippen LogP contribution < -0.4 is 14.8 Å². The van der Waals surface area contributed by atoms with E-state index in [2.05, 4.69) is 5.32 Å². The molecule has 0 saturated heterocycles. The molecule has 0 aliphatic carbocycles. The van der Waals surface area contributed by atoms with Crippen molar-refractivity contribution in [1.82, 2.24) is 4.98 Å². The van der Waals surface area contributed by atoms with Crippen LogP contribution in [0.2, 0.25) is 0 Å². The van der Waals surface area contributed by atoms with Gasteiger partial charge in [-0.25, -0.2) is 9.37 Å². The number of anilines is 1. The molecule has 0 radical (unpaired) electrons. The lowest BCUT2D eigenvalue weighted by atomic mass is 10.1. The summed E-state index contributed by atoms with van der Waals surface area (Å²) < 4.78 is 24.8. The molecule has 1 aromatic heterocycles. The van der Waals surface area contributed by atoms with Gasteiger partial charge >= 0.3 is 0 Å². The largest absolute Gasteiger partial charge is 0.486 e. The number of ether oxygens (including phenoxy) is 2. The molecule has 1 aliphatic heterocycles. The lowest BCUT2D eigenvalue weighted by Gasteiger charge is -2.18. The number of rotatable bonds is 4. The number of hydrogen-bond acceptors (Lipinski definition) is 4. The van der Waals surface area contributed by atoms with E-state index in [0.717, 1.165) is 34.0 Å². The standard InChI is InChI=1S/C27H21FN2O3/c1-17-5-9-20(28)16-22(17)27(31)29-21-10-6-18(7-11-21)23-3-2-4-24(30-23)19-8-12-25-26(15-19)33-14-13-32-25/h2-12,15-16H,13-14H2,1H3,(H,29,31). The summed E-state index contributed by atoms with van der Waals surface area (Å²) in [6.07, 6.45) is 0. The molecule has 33 heavy (non-hydrogen) atoms. The maximum Gasteiger partial charge on any atom is 0.256 e. The predicted octanol–water partition coefficient (Wildman–Crippen LogP) is 5.89. The molecule has 4 aromatic rings. The zero-order valence-corrected chi connectivity index (χ0v) is 18.0. The molecule has 1 aliphatic rings. The van der Waals surface area contributed by atoms with Crippen LogP contribution >= 0.6 is 0 Å². The van der Waals surface area contributed by atoms with Gasteiger partial charge in [-0.05, 0) is 67.1 Å². The highest BCUT2D eigenvalue weighted by Crippen LogP contribution is 2.34. The van der Waals surface area contributed by atoms with Crippen molar-refractivity contribution in [1.29, 1.82) is 0 Å². The van der Waals surface area contributed by atoms with E-state index in [9.17, 15) is 9.18 Å². The Bertz CT molecular complexity index is 1340. The fourth-order valence-electron chi connectivity index (χ4n) is 3.72. The summed E-state index contributed by atoms with van der Waals surface area (Å²) in [5.74, 6) is 0.676. The van der Waals surface area contributed by atoms with Gasteiger partial charge < -0.3 is 14.8 Å². The molecule has 2 heterocycles. The van der Waals surface area contributed by atoms with Crippen LogP contribution in [0.5, 0.6) is 11.5 Å². The molecule has 0 unspecified atom stereocenters. The number of carbonyl (C=O) groups is 1. The quantitative estimate of drug-likeness (QED) is 0.430. The number of fused-ring (bicyclic) bond motifs is 1. The third-order valence-corrected chi connectivity index (χ3v) is 5.47. The van der Waals surface area contributed by atoms with E-state index in [1.165, 1.54) is 12.1 Å². The Hall–Kier alpha value is -4.19. The molecule has 5 nitrogen and oxygen atoms in total. The maximum absolute atomic E-state index is 13.5. The van der Waals surface area contributed by atoms with Gasteiger partial charge in [-0.2, -0.15) is 0 Å². The van der Waals surface area contributed by atoms with Crippen LogP contribution in [0.3, 0.4) is 0 Å². The van der Waals surface area contributed by atoms with Crippen LogP contribution in [0.4, 0.5) is 10.1 Å². The average Bonchev–Trinajstić information content (AvgIpc) is 2.85. The van der Waals surface area contributed by atoms with Crippen molar-refractivity contribution in [3.05, 3.63) is 95.8 Å². The maximum atomic E-state index is 13.5. The monoisotopic (exact) mass is 440 g/mol. The molecule has 1 amide bonds. The number of pyridine rings is 1. The number of benzene rings is 3. The first kappa shape index (κ1) is 20.7. The van der Waals surface area contributed by atoms with E-state index in [0.29, 0.717) is 30.0 Å². The molecule has 0 bridgehead atoms. The zero-order valence-electron chi connectivity index (χ0n) is 18.0. The van der Waals surface area contributed by atoms with Gasteiger partial charge in [0.25, 0.3) is 5.91 Å². The van der Waals surface area contributed by atoms with E-state index in [4.69, 9.17) is 14.5 Å². The summed E-state index contributed by atoms with van der Waals surface area (Å²) in [5, 5.41) is 2.82. The van der Waals surface area contributed by atoms with E-state index in [1.807, 2.05) is 48.5 Å². The van der Waals surface area contributed by atoms with Crippen molar-refractivity contribution in [3.8, 4) is 34.0 Å². The van der Waals surface area contributed by atoms with Gasteiger partial charge in [0.15, 0.2) is 11.5 Å². The van der Waals surface area contributed by atoms with Crippen LogP contribution in [0.25, 0.3) is 22.5 Å². The number of aromatic nitrogens is 1. The Morgan fingerprint density at radius 1 is 0.848 bits per heavy atom. The second-order valence-electron chi connectivity index (χ2n) is 7.76. The van der Waals surface area contributed by atoms with Crippen LogP contribution in [0.1, 0.15) is 15.9 Å². The normalized spacial score (nSPS) is 12.3. The lowest BCUT2D eigenvalue weighted by molar-refractivity contribution is 0.102. The third kappa shape index (κ3) is 4.41. The van der Waals surface area contributed by atoms with Crippen LogP contribution in [-0.2, 0) is 0 Å². The topological polar surface area (TPSA) is 60.5 Å². The third-order valence-electron chi connectivity index (χ3n) is 5.47. The van der Waals surface area contributed by atoms with E-state index >= 15 is 0 Å². The number of amides is 1. The molecule has 164 valence electrons. The molecule has 0 atom stereocenters. The fourth-order valence-corrected chi connectivity index (χ4v) is 3.72. The van der Waals surface area contributed by atoms with E-state index in [1.54, 1.807) is 25.1 Å². The zero-order chi connectivity index (χ0) is 22.8. The predicted molar refractivity (Wildman–Crippen MR) is 125 cm³/mol. The SMILES string of the molecule is Cc1ccc(F)cc1C(=O)Nc1ccc(-c2cccc(-c3ccc4c(c3)OCCO4)n2)cc1. The lowest BCUT2D eigenvalue weighted by Crippen LogP contribution is -2.15. The summed E-state index contributed by atoms with van der Waals surface area (Å²) in [6, 6.07) is 23.2. The summed E-state index contributed by atoms with van der Waals surface area (Å²) in [5.41, 5.74) is 5.13. The van der Waals surface area contributed by atoms with Crippen LogP contribution in [0, 0.1) is 12.7 Å². The fraction of sp³-hybridized carbons (Fsp3) is 0.111. The molecule has 5 rings (SSSR count). The van der Waals surface area contributed by atoms with Gasteiger partial charge in [0, 0.05) is 22.4 Å². The van der Waals surface area contributed by atoms with Crippen molar-refractivity contribution >= 4 is 11.6 Å². The highest BCUT2D eigenvalue weighted by Gasteiger charge is 2.14. The molecule has 6 heteroatoms. The minimum Gasteiger partial charge on any atom is -0.486 e. The van der Waals surface area contributed by atoms with Crippen molar-refractivity contribution < 1.29 is 18.7 Å². The molecule has 0 saturated carbocycles. The average molecular weight is 440 g/mol. The summed E-state index contributed by atoms with van der Waals surface area (Å²) in [4.78, 5) is 17.3. The number of nitrogens with one attached hydrogen (secondary N) is 1. The Kier molecular flexibility index (Phi) is 5.48. The Balaban J connectivity index is 1.35. The Morgan fingerprint density at radius 3 is 2.33 bits per heavy atom. The number of aryl methyl sites for hydroxylation is 1. The number of hydrogen-bond donors (Lipinski definition) is 1. The Morgan fingerprint density at radius 2 is 1.55 bits per heavy atom. The van der Waals surface area contributed by atoms with Gasteiger partial charge in [0.2, 0.25) is 0 Å². The molecular weight excluding hydrogens is 419 g/mol. The van der Waals surface area contributed by atoms with E-state index in [-0.39, 0.29) is 5.91 Å². The van der Waals surface area contributed by atoms with Crippen LogP contribution in [0.15, 0.2) is 78.9 Å². The molecule has 1 N–H and O–H groups in total. The van der Waals surface area contributed by atoms with Crippen LogP contribution in [-0.4, -0.2) is 24.1 Å². The molecule has 3 aromatic carbocycles. The highest BCUT2D eigenvalue weighted by atomic mass is 19.1. The number of halogens is 1. The Labute approximate surface area is 190 Å². The first-order valence-electron chi connectivity index (χ1n) is 10.6. The second kappa shape index (κ2) is 8.74. The second-order valence-corrected chi connectivity index (χ2v) is 7.76. The highest BCUT2D eigenvalue weighted by molar-refractivity contribution is 6.05. The minimum absolute atomic E-state index is 0.313. The summed E-state index contributed by atoms with van der Waals surface area (Å²) >= 11 is 0. The van der Waals surface area contributed by atoms with Crippen molar-refractivity contribution in [2.24, 2.45) is 0 Å². The van der Waals surface area contributed by atoms with Crippen molar-refractivity contribution in [2.75, 3.05) is 18.5 Å². The molecular formula is C27H21FN2O3. The van der Waals surface area contributed by atoms with Gasteiger partial charge in [-0.1, -0.05) is 24.3 Å². The minimum atomic E-state index is -0.440. The molecule has 0 spiro atoms. The first-order chi connectivity index (χ1) is 16.1. The number of carbonyl (C=O) groups excluding carboxylic acids is 1. The van der Waals surface area contributed by atoms with Gasteiger partial charge in [0.1, 0.15) is 19.0 Å².